The van der Waals surface area contributed by atoms with Crippen LogP contribution in [-0.2, 0) is 0 Å². The van der Waals surface area contributed by atoms with Gasteiger partial charge in [-0.3, -0.25) is 0 Å². The van der Waals surface area contributed by atoms with Crippen LogP contribution in [0.1, 0.15) is 20.8 Å². The minimum atomic E-state index is 0.159. The van der Waals surface area contributed by atoms with Crippen molar-refractivity contribution in [3.8, 4) is 0 Å². The van der Waals surface area contributed by atoms with Gasteiger partial charge in [-0.15, -0.1) is 0 Å². The van der Waals surface area contributed by atoms with Gasteiger partial charge in [0.15, 0.2) is 0 Å². The van der Waals surface area contributed by atoms with Gasteiger partial charge in [0, 0.05) is 5.22 Å². The average molecular weight is 204 g/mol. The Balaban J connectivity index is 3.72. The fraction of sp³-hybridized carbons (Fsp3) is 0.273. The van der Waals surface area contributed by atoms with Crippen LogP contribution < -0.4 is 22.0 Å². The third kappa shape index (κ3) is 2.15. The Bertz CT molecular complexity index is 514. The SMILES string of the molecule is C=c1nc(N)nc(N)/c1=C(C)/C(C)=C\C. The average Bonchev–Trinajstić information content (AvgIpc) is 2.14. The number of nitrogens with two attached hydrogens (primary N) is 2. The van der Waals surface area contributed by atoms with E-state index in [0.29, 0.717) is 11.2 Å². The summed E-state index contributed by atoms with van der Waals surface area (Å²) < 4.78 is 0. The van der Waals surface area contributed by atoms with Crippen molar-refractivity contribution in [1.82, 2.24) is 9.97 Å². The van der Waals surface area contributed by atoms with Crippen molar-refractivity contribution in [3.05, 3.63) is 22.2 Å². The molecular formula is C11H16N4. The lowest BCUT2D eigenvalue weighted by atomic mass is 10.1. The first kappa shape index (κ1) is 11.2. The minimum absolute atomic E-state index is 0.159. The van der Waals surface area contributed by atoms with E-state index >= 15 is 0 Å². The van der Waals surface area contributed by atoms with E-state index in [1.54, 1.807) is 0 Å². The predicted octanol–water partition coefficient (Wildman–Crippen LogP) is 0.188. The van der Waals surface area contributed by atoms with Gasteiger partial charge in [0.2, 0.25) is 5.95 Å². The van der Waals surface area contributed by atoms with Crippen molar-refractivity contribution in [2.45, 2.75) is 20.8 Å². The molecule has 0 amide bonds. The quantitative estimate of drug-likeness (QED) is 0.684. The zero-order valence-electron chi connectivity index (χ0n) is 9.33. The second kappa shape index (κ2) is 4.13. The molecule has 0 saturated heterocycles. The smallest absolute Gasteiger partial charge is 0.222 e. The maximum atomic E-state index is 5.80. The molecule has 1 rings (SSSR count). The molecule has 4 heteroatoms. The monoisotopic (exact) mass is 204 g/mol. The number of nitrogens with zero attached hydrogens (tertiary/aromatic N) is 2. The summed E-state index contributed by atoms with van der Waals surface area (Å²) in [5, 5.41) is 1.35. The number of anilines is 2. The molecule has 1 heterocycles. The molecule has 1 aromatic heterocycles. The second-order valence-electron chi connectivity index (χ2n) is 3.39. The normalized spacial score (nSPS) is 13.9. The molecule has 0 aliphatic heterocycles. The molecule has 0 aliphatic rings. The van der Waals surface area contributed by atoms with Gasteiger partial charge >= 0.3 is 0 Å². The molecule has 1 aromatic rings. The summed E-state index contributed by atoms with van der Waals surface area (Å²) >= 11 is 0. The van der Waals surface area contributed by atoms with Crippen LogP contribution in [0.15, 0.2) is 11.6 Å². The highest BCUT2D eigenvalue weighted by atomic mass is 15.0. The Morgan fingerprint density at radius 3 is 2.33 bits per heavy atom. The minimum Gasteiger partial charge on any atom is -0.383 e. The van der Waals surface area contributed by atoms with Crippen LogP contribution in [0.2, 0.25) is 0 Å². The van der Waals surface area contributed by atoms with Gasteiger partial charge < -0.3 is 11.5 Å². The van der Waals surface area contributed by atoms with E-state index < -0.39 is 0 Å². The summed E-state index contributed by atoms with van der Waals surface area (Å²) in [5.74, 6) is 0.540. The van der Waals surface area contributed by atoms with E-state index in [1.165, 1.54) is 0 Å². The van der Waals surface area contributed by atoms with E-state index in [0.717, 1.165) is 16.4 Å². The van der Waals surface area contributed by atoms with Crippen molar-refractivity contribution in [2.24, 2.45) is 0 Å². The molecule has 80 valence electrons. The maximum absolute atomic E-state index is 5.80. The third-order valence-electron chi connectivity index (χ3n) is 2.43. The fourth-order valence-electron chi connectivity index (χ4n) is 1.37. The summed E-state index contributed by atoms with van der Waals surface area (Å²) in [4.78, 5) is 7.93. The van der Waals surface area contributed by atoms with Crippen molar-refractivity contribution >= 4 is 23.9 Å². The van der Waals surface area contributed by atoms with Gasteiger partial charge in [-0.2, -0.15) is 4.98 Å². The van der Waals surface area contributed by atoms with Crippen molar-refractivity contribution in [3.63, 3.8) is 0 Å². The van der Waals surface area contributed by atoms with E-state index in [4.69, 9.17) is 11.5 Å². The molecule has 0 unspecified atom stereocenters. The van der Waals surface area contributed by atoms with Crippen LogP contribution >= 0.6 is 0 Å². The molecule has 15 heavy (non-hydrogen) atoms. The summed E-state index contributed by atoms with van der Waals surface area (Å²) in [6, 6.07) is 0. The maximum Gasteiger partial charge on any atom is 0.222 e. The molecule has 0 spiro atoms. The van der Waals surface area contributed by atoms with Gasteiger partial charge in [0.05, 0.1) is 5.35 Å². The highest BCUT2D eigenvalue weighted by molar-refractivity contribution is 5.64. The van der Waals surface area contributed by atoms with Gasteiger partial charge in [0.25, 0.3) is 0 Å². The molecule has 0 radical (unpaired) electrons. The largest absolute Gasteiger partial charge is 0.383 e. The van der Waals surface area contributed by atoms with Gasteiger partial charge in [-0.1, -0.05) is 18.2 Å². The first-order valence-electron chi connectivity index (χ1n) is 4.69. The molecule has 0 aliphatic carbocycles. The summed E-state index contributed by atoms with van der Waals surface area (Å²) in [7, 11) is 0. The van der Waals surface area contributed by atoms with Gasteiger partial charge in [-0.05, 0) is 26.3 Å². The van der Waals surface area contributed by atoms with Crippen molar-refractivity contribution < 1.29 is 0 Å². The zero-order valence-corrected chi connectivity index (χ0v) is 9.33. The van der Waals surface area contributed by atoms with Crippen LogP contribution in [0.4, 0.5) is 11.8 Å². The summed E-state index contributed by atoms with van der Waals surface area (Å²) in [6.45, 7) is 9.76. The number of hydrogen-bond acceptors (Lipinski definition) is 4. The lowest BCUT2D eigenvalue weighted by Crippen LogP contribution is -2.34. The summed E-state index contributed by atoms with van der Waals surface area (Å²) in [5.41, 5.74) is 13.4. The number of nitrogen functional groups attached to an aromatic ring is 2. The molecule has 0 saturated carbocycles. The molecule has 0 bridgehead atoms. The Hall–Kier alpha value is -1.84. The molecule has 0 aromatic carbocycles. The van der Waals surface area contributed by atoms with E-state index in [2.05, 4.69) is 16.5 Å². The number of aromatic nitrogens is 2. The second-order valence-corrected chi connectivity index (χ2v) is 3.39. The van der Waals surface area contributed by atoms with E-state index in [9.17, 15) is 0 Å². The molecule has 4 N–H and O–H groups in total. The predicted molar refractivity (Wildman–Crippen MR) is 64.1 cm³/mol. The molecule has 0 fully saturated rings. The Labute approximate surface area is 89.0 Å². The first-order valence-corrected chi connectivity index (χ1v) is 4.69. The number of allylic oxidation sites excluding steroid dienone is 2. The third-order valence-corrected chi connectivity index (χ3v) is 2.43. The van der Waals surface area contributed by atoms with Crippen molar-refractivity contribution in [2.75, 3.05) is 11.5 Å². The Morgan fingerprint density at radius 1 is 1.27 bits per heavy atom. The van der Waals surface area contributed by atoms with E-state index in [1.807, 2.05) is 26.8 Å². The highest BCUT2D eigenvalue weighted by Gasteiger charge is 2.02. The van der Waals surface area contributed by atoms with Crippen LogP contribution in [-0.4, -0.2) is 9.97 Å². The topological polar surface area (TPSA) is 77.8 Å². The number of rotatable bonds is 1. The Morgan fingerprint density at radius 2 is 1.87 bits per heavy atom. The summed E-state index contributed by atoms with van der Waals surface area (Å²) in [6.07, 6.45) is 2.00. The molecule has 4 nitrogen and oxygen atoms in total. The highest BCUT2D eigenvalue weighted by Crippen LogP contribution is 2.06. The number of hydrogen-bond donors (Lipinski definition) is 2. The fourth-order valence-corrected chi connectivity index (χ4v) is 1.37. The van der Waals surface area contributed by atoms with E-state index in [-0.39, 0.29) is 5.95 Å². The lowest BCUT2D eigenvalue weighted by Gasteiger charge is -2.03. The van der Waals surface area contributed by atoms with Gasteiger partial charge in [-0.25, -0.2) is 4.98 Å². The standard InChI is InChI=1S/C11H16N4/c1-5-6(2)7(3)9-8(4)14-11(13)15-10(9)12/h5H,4H2,1-3H3,(H4,12,13,14,15)/b6-5-,9-7+. The molecular weight excluding hydrogens is 188 g/mol. The Kier molecular flexibility index (Phi) is 3.09. The van der Waals surface area contributed by atoms with Crippen LogP contribution in [0.25, 0.3) is 12.2 Å². The van der Waals surface area contributed by atoms with Crippen molar-refractivity contribution in [1.29, 1.82) is 0 Å². The van der Waals surface area contributed by atoms with Crippen LogP contribution in [0.3, 0.4) is 0 Å². The lowest BCUT2D eigenvalue weighted by molar-refractivity contribution is 1.12. The zero-order chi connectivity index (χ0) is 11.6. The van der Waals surface area contributed by atoms with Crippen LogP contribution in [0, 0.1) is 0 Å². The molecule has 0 atom stereocenters. The van der Waals surface area contributed by atoms with Gasteiger partial charge in [0.1, 0.15) is 5.82 Å². The first-order chi connectivity index (χ1) is 6.97. The van der Waals surface area contributed by atoms with Crippen LogP contribution in [0.5, 0.6) is 0 Å².